The van der Waals surface area contributed by atoms with Gasteiger partial charge in [0.1, 0.15) is 0 Å². The zero-order valence-electron chi connectivity index (χ0n) is 10.7. The van der Waals surface area contributed by atoms with Crippen molar-refractivity contribution in [2.45, 2.75) is 39.2 Å². The first-order valence-electron chi connectivity index (χ1n) is 6.71. The SMILES string of the molecule is CCNC(c1cccc(Cl)c1)C1CCCC1C. The Labute approximate surface area is 110 Å². The van der Waals surface area contributed by atoms with Gasteiger partial charge in [0.2, 0.25) is 0 Å². The van der Waals surface area contributed by atoms with Crippen molar-refractivity contribution in [1.82, 2.24) is 5.32 Å². The molecule has 0 saturated heterocycles. The monoisotopic (exact) mass is 251 g/mol. The number of benzene rings is 1. The maximum Gasteiger partial charge on any atom is 0.0409 e. The third-order valence-electron chi connectivity index (χ3n) is 3.99. The van der Waals surface area contributed by atoms with Gasteiger partial charge < -0.3 is 5.32 Å². The Balaban J connectivity index is 2.22. The number of nitrogens with one attached hydrogen (secondary N) is 1. The lowest BCUT2D eigenvalue weighted by Gasteiger charge is -2.28. The molecular weight excluding hydrogens is 230 g/mol. The Bertz CT molecular complexity index is 364. The van der Waals surface area contributed by atoms with Crippen LogP contribution < -0.4 is 5.32 Å². The lowest BCUT2D eigenvalue weighted by atomic mass is 9.86. The Kier molecular flexibility index (Phi) is 4.47. The summed E-state index contributed by atoms with van der Waals surface area (Å²) < 4.78 is 0. The summed E-state index contributed by atoms with van der Waals surface area (Å²) in [6, 6.07) is 8.79. The lowest BCUT2D eigenvalue weighted by Crippen LogP contribution is -2.29. The zero-order chi connectivity index (χ0) is 12.3. The van der Waals surface area contributed by atoms with Gasteiger partial charge in [0.05, 0.1) is 0 Å². The molecular formula is C15H22ClN. The van der Waals surface area contributed by atoms with Crippen LogP contribution in [-0.4, -0.2) is 6.54 Å². The summed E-state index contributed by atoms with van der Waals surface area (Å²) in [6.45, 7) is 5.57. The fraction of sp³-hybridized carbons (Fsp3) is 0.600. The van der Waals surface area contributed by atoms with E-state index in [0.717, 1.165) is 23.4 Å². The summed E-state index contributed by atoms with van der Waals surface area (Å²) in [5, 5.41) is 4.48. The molecule has 3 unspecified atom stereocenters. The highest BCUT2D eigenvalue weighted by atomic mass is 35.5. The minimum Gasteiger partial charge on any atom is -0.310 e. The van der Waals surface area contributed by atoms with Crippen LogP contribution in [-0.2, 0) is 0 Å². The van der Waals surface area contributed by atoms with Crippen molar-refractivity contribution in [2.75, 3.05) is 6.54 Å². The summed E-state index contributed by atoms with van der Waals surface area (Å²) in [5.74, 6) is 1.58. The summed E-state index contributed by atoms with van der Waals surface area (Å²) >= 11 is 6.10. The van der Waals surface area contributed by atoms with E-state index in [0.29, 0.717) is 6.04 Å². The Hall–Kier alpha value is -0.530. The van der Waals surface area contributed by atoms with Gasteiger partial charge in [-0.1, -0.05) is 50.4 Å². The highest BCUT2D eigenvalue weighted by molar-refractivity contribution is 6.30. The van der Waals surface area contributed by atoms with E-state index >= 15 is 0 Å². The van der Waals surface area contributed by atoms with E-state index in [2.05, 4.69) is 37.4 Å². The molecule has 0 spiro atoms. The predicted octanol–water partition coefficient (Wildman–Crippen LogP) is 4.43. The molecule has 1 N–H and O–H groups in total. The average molecular weight is 252 g/mol. The van der Waals surface area contributed by atoms with E-state index in [4.69, 9.17) is 11.6 Å². The van der Waals surface area contributed by atoms with Crippen LogP contribution in [0, 0.1) is 11.8 Å². The average Bonchev–Trinajstić information content (AvgIpc) is 2.72. The molecule has 2 rings (SSSR count). The van der Waals surface area contributed by atoms with E-state index in [1.165, 1.54) is 24.8 Å². The van der Waals surface area contributed by atoms with Crippen molar-refractivity contribution >= 4 is 11.6 Å². The molecule has 0 radical (unpaired) electrons. The summed E-state index contributed by atoms with van der Waals surface area (Å²) in [5.41, 5.74) is 1.35. The molecule has 1 aliphatic rings. The van der Waals surface area contributed by atoms with Crippen LogP contribution in [0.15, 0.2) is 24.3 Å². The van der Waals surface area contributed by atoms with Crippen molar-refractivity contribution in [3.63, 3.8) is 0 Å². The van der Waals surface area contributed by atoms with Crippen molar-refractivity contribution in [1.29, 1.82) is 0 Å². The Morgan fingerprint density at radius 2 is 2.24 bits per heavy atom. The number of hydrogen-bond donors (Lipinski definition) is 1. The summed E-state index contributed by atoms with van der Waals surface area (Å²) in [6.07, 6.45) is 4.08. The van der Waals surface area contributed by atoms with Gasteiger partial charge in [-0.05, 0) is 42.5 Å². The molecule has 1 saturated carbocycles. The molecule has 1 aliphatic carbocycles. The molecule has 94 valence electrons. The second kappa shape index (κ2) is 5.88. The molecule has 17 heavy (non-hydrogen) atoms. The van der Waals surface area contributed by atoms with Gasteiger partial charge in [-0.3, -0.25) is 0 Å². The maximum absolute atomic E-state index is 6.10. The van der Waals surface area contributed by atoms with Crippen LogP contribution in [0.25, 0.3) is 0 Å². The van der Waals surface area contributed by atoms with Crippen LogP contribution in [0.3, 0.4) is 0 Å². The van der Waals surface area contributed by atoms with Crippen LogP contribution >= 0.6 is 11.6 Å². The molecule has 1 aromatic rings. The highest BCUT2D eigenvalue weighted by Crippen LogP contribution is 2.40. The molecule has 0 heterocycles. The van der Waals surface area contributed by atoms with Crippen LogP contribution in [0.4, 0.5) is 0 Å². The topological polar surface area (TPSA) is 12.0 Å². The molecule has 3 atom stereocenters. The van der Waals surface area contributed by atoms with E-state index in [9.17, 15) is 0 Å². The lowest BCUT2D eigenvalue weighted by molar-refractivity contribution is 0.305. The first-order valence-corrected chi connectivity index (χ1v) is 7.09. The summed E-state index contributed by atoms with van der Waals surface area (Å²) in [7, 11) is 0. The van der Waals surface area contributed by atoms with E-state index < -0.39 is 0 Å². The maximum atomic E-state index is 6.10. The van der Waals surface area contributed by atoms with Gasteiger partial charge in [0.25, 0.3) is 0 Å². The number of rotatable bonds is 4. The minimum absolute atomic E-state index is 0.469. The van der Waals surface area contributed by atoms with Crippen LogP contribution in [0.1, 0.15) is 44.7 Å². The van der Waals surface area contributed by atoms with Gasteiger partial charge in [0.15, 0.2) is 0 Å². The third-order valence-corrected chi connectivity index (χ3v) is 4.22. The van der Waals surface area contributed by atoms with Crippen molar-refractivity contribution < 1.29 is 0 Å². The molecule has 0 aliphatic heterocycles. The highest BCUT2D eigenvalue weighted by Gasteiger charge is 2.31. The molecule has 0 amide bonds. The van der Waals surface area contributed by atoms with E-state index in [1.54, 1.807) is 0 Å². The predicted molar refractivity (Wildman–Crippen MR) is 74.4 cm³/mol. The first kappa shape index (κ1) is 12.9. The quantitative estimate of drug-likeness (QED) is 0.835. The van der Waals surface area contributed by atoms with Gasteiger partial charge in [-0.2, -0.15) is 0 Å². The number of hydrogen-bond acceptors (Lipinski definition) is 1. The minimum atomic E-state index is 0.469. The fourth-order valence-corrected chi connectivity index (χ4v) is 3.30. The Morgan fingerprint density at radius 3 is 2.82 bits per heavy atom. The number of halogens is 1. The Morgan fingerprint density at radius 1 is 1.41 bits per heavy atom. The molecule has 1 nitrogen and oxygen atoms in total. The second-order valence-electron chi connectivity index (χ2n) is 5.16. The molecule has 1 fully saturated rings. The van der Waals surface area contributed by atoms with E-state index in [-0.39, 0.29) is 0 Å². The summed E-state index contributed by atoms with van der Waals surface area (Å²) in [4.78, 5) is 0. The van der Waals surface area contributed by atoms with Gasteiger partial charge in [-0.25, -0.2) is 0 Å². The smallest absolute Gasteiger partial charge is 0.0409 e. The standard InChI is InChI=1S/C15H22ClN/c1-3-17-15(14-9-4-6-11(14)2)12-7-5-8-13(16)10-12/h5,7-8,10-11,14-15,17H,3-4,6,9H2,1-2H3. The van der Waals surface area contributed by atoms with Gasteiger partial charge >= 0.3 is 0 Å². The van der Waals surface area contributed by atoms with E-state index in [1.807, 2.05) is 6.07 Å². The fourth-order valence-electron chi connectivity index (χ4n) is 3.11. The van der Waals surface area contributed by atoms with Crippen molar-refractivity contribution in [3.8, 4) is 0 Å². The van der Waals surface area contributed by atoms with Crippen molar-refractivity contribution in [2.24, 2.45) is 11.8 Å². The normalized spacial score (nSPS) is 26.1. The third kappa shape index (κ3) is 3.02. The molecule has 1 aromatic carbocycles. The van der Waals surface area contributed by atoms with Crippen LogP contribution in [0.5, 0.6) is 0 Å². The van der Waals surface area contributed by atoms with Gasteiger partial charge in [-0.15, -0.1) is 0 Å². The largest absolute Gasteiger partial charge is 0.310 e. The molecule has 0 bridgehead atoms. The van der Waals surface area contributed by atoms with Crippen LogP contribution in [0.2, 0.25) is 5.02 Å². The zero-order valence-corrected chi connectivity index (χ0v) is 11.5. The molecule has 0 aromatic heterocycles. The molecule has 2 heteroatoms. The van der Waals surface area contributed by atoms with Gasteiger partial charge in [0, 0.05) is 11.1 Å². The van der Waals surface area contributed by atoms with Crippen molar-refractivity contribution in [3.05, 3.63) is 34.9 Å². The first-order chi connectivity index (χ1) is 8.22. The second-order valence-corrected chi connectivity index (χ2v) is 5.60.